The van der Waals surface area contributed by atoms with Gasteiger partial charge < -0.3 is 15.4 Å². The molecular weight excluding hydrogens is 176 g/mol. The third-order valence-corrected chi connectivity index (χ3v) is 3.00. The van der Waals surface area contributed by atoms with E-state index in [-0.39, 0.29) is 6.10 Å². The predicted molar refractivity (Wildman–Crippen MR) is 59.2 cm³/mol. The normalized spacial score (nSPS) is 28.1. The monoisotopic (exact) mass is 200 g/mol. The minimum absolute atomic E-state index is 0.207. The number of likely N-dealkylation sites (N-methyl/N-ethyl adjacent to an activating group) is 1. The van der Waals surface area contributed by atoms with E-state index in [1.165, 1.54) is 13.0 Å². The van der Waals surface area contributed by atoms with E-state index in [2.05, 4.69) is 18.9 Å². The lowest BCUT2D eigenvalue weighted by atomic mass is 10.3. The lowest BCUT2D eigenvalue weighted by Crippen LogP contribution is -2.37. The molecule has 84 valence electrons. The summed E-state index contributed by atoms with van der Waals surface area (Å²) in [5, 5.41) is 0. The van der Waals surface area contributed by atoms with Crippen molar-refractivity contribution in [3.63, 3.8) is 0 Å². The molecule has 14 heavy (non-hydrogen) atoms. The first-order chi connectivity index (χ1) is 6.67. The Kier molecular flexibility index (Phi) is 4.85. The van der Waals surface area contributed by atoms with Crippen LogP contribution in [0.4, 0.5) is 0 Å². The van der Waals surface area contributed by atoms with Gasteiger partial charge in [0.05, 0.1) is 6.10 Å². The summed E-state index contributed by atoms with van der Waals surface area (Å²) in [7, 11) is 2.16. The smallest absolute Gasteiger partial charge is 0.0823 e. The standard InChI is InChI=1S/C11H24N2O/c1-4-14-11(6-12)8-13(3)7-10-5-9(10)2/h9-11H,4-8,12H2,1-3H3. The van der Waals surface area contributed by atoms with E-state index in [0.29, 0.717) is 6.54 Å². The van der Waals surface area contributed by atoms with Crippen molar-refractivity contribution < 1.29 is 4.74 Å². The molecule has 3 nitrogen and oxygen atoms in total. The predicted octanol–water partition coefficient (Wildman–Crippen LogP) is 0.938. The average Bonchev–Trinajstić information content (AvgIpc) is 2.80. The molecule has 0 bridgehead atoms. The molecule has 0 aromatic heterocycles. The van der Waals surface area contributed by atoms with Gasteiger partial charge in [0.15, 0.2) is 0 Å². The highest BCUT2D eigenvalue weighted by Crippen LogP contribution is 2.37. The summed E-state index contributed by atoms with van der Waals surface area (Å²) in [5.74, 6) is 1.85. The molecule has 1 saturated carbocycles. The van der Waals surface area contributed by atoms with Crippen molar-refractivity contribution in [2.45, 2.75) is 26.4 Å². The van der Waals surface area contributed by atoms with Gasteiger partial charge in [0.25, 0.3) is 0 Å². The minimum Gasteiger partial charge on any atom is -0.376 e. The molecule has 0 aromatic carbocycles. The summed E-state index contributed by atoms with van der Waals surface area (Å²) in [6.45, 7) is 7.89. The molecule has 0 radical (unpaired) electrons. The van der Waals surface area contributed by atoms with Gasteiger partial charge in [-0.2, -0.15) is 0 Å². The second-order valence-corrected chi connectivity index (χ2v) is 4.51. The van der Waals surface area contributed by atoms with Gasteiger partial charge in [-0.05, 0) is 32.2 Å². The van der Waals surface area contributed by atoms with Crippen LogP contribution in [0.25, 0.3) is 0 Å². The number of nitrogens with zero attached hydrogens (tertiary/aromatic N) is 1. The summed E-state index contributed by atoms with van der Waals surface area (Å²) < 4.78 is 5.52. The van der Waals surface area contributed by atoms with Gasteiger partial charge in [-0.3, -0.25) is 0 Å². The zero-order valence-corrected chi connectivity index (χ0v) is 9.70. The van der Waals surface area contributed by atoms with E-state index in [9.17, 15) is 0 Å². The number of nitrogens with two attached hydrogens (primary N) is 1. The van der Waals surface area contributed by atoms with Crippen molar-refractivity contribution in [1.82, 2.24) is 4.90 Å². The molecule has 0 heterocycles. The fourth-order valence-electron chi connectivity index (χ4n) is 1.91. The quantitative estimate of drug-likeness (QED) is 0.664. The Morgan fingerprint density at radius 2 is 2.21 bits per heavy atom. The Morgan fingerprint density at radius 1 is 1.57 bits per heavy atom. The maximum atomic E-state index is 5.63. The zero-order valence-electron chi connectivity index (χ0n) is 9.70. The van der Waals surface area contributed by atoms with Gasteiger partial charge >= 0.3 is 0 Å². The summed E-state index contributed by atoms with van der Waals surface area (Å²) in [5.41, 5.74) is 5.63. The lowest BCUT2D eigenvalue weighted by molar-refractivity contribution is 0.0441. The highest BCUT2D eigenvalue weighted by Gasteiger charge is 2.33. The summed E-state index contributed by atoms with van der Waals surface area (Å²) in [4.78, 5) is 2.35. The van der Waals surface area contributed by atoms with E-state index in [1.807, 2.05) is 6.92 Å². The molecule has 0 aromatic rings. The summed E-state index contributed by atoms with van der Waals surface area (Å²) in [6.07, 6.45) is 1.60. The maximum Gasteiger partial charge on any atom is 0.0823 e. The van der Waals surface area contributed by atoms with Crippen molar-refractivity contribution in [2.24, 2.45) is 17.6 Å². The topological polar surface area (TPSA) is 38.5 Å². The van der Waals surface area contributed by atoms with Crippen LogP contribution in [-0.2, 0) is 4.74 Å². The Morgan fingerprint density at radius 3 is 2.64 bits per heavy atom. The van der Waals surface area contributed by atoms with E-state index in [0.717, 1.165) is 25.0 Å². The highest BCUT2D eigenvalue weighted by atomic mass is 16.5. The van der Waals surface area contributed by atoms with Crippen molar-refractivity contribution in [3.05, 3.63) is 0 Å². The van der Waals surface area contributed by atoms with Gasteiger partial charge in [-0.1, -0.05) is 6.92 Å². The van der Waals surface area contributed by atoms with E-state index in [4.69, 9.17) is 10.5 Å². The molecule has 0 spiro atoms. The molecule has 1 aliphatic carbocycles. The first-order valence-corrected chi connectivity index (χ1v) is 5.67. The molecular formula is C11H24N2O. The largest absolute Gasteiger partial charge is 0.376 e. The van der Waals surface area contributed by atoms with E-state index >= 15 is 0 Å². The molecule has 0 aliphatic heterocycles. The van der Waals surface area contributed by atoms with Crippen molar-refractivity contribution in [3.8, 4) is 0 Å². The van der Waals surface area contributed by atoms with Gasteiger partial charge in [0, 0.05) is 26.2 Å². The van der Waals surface area contributed by atoms with Crippen molar-refractivity contribution in [1.29, 1.82) is 0 Å². The molecule has 3 atom stereocenters. The van der Waals surface area contributed by atoms with Crippen LogP contribution in [0.1, 0.15) is 20.3 Å². The van der Waals surface area contributed by atoms with E-state index < -0.39 is 0 Å². The Bertz CT molecular complexity index is 163. The first-order valence-electron chi connectivity index (χ1n) is 5.67. The third kappa shape index (κ3) is 3.95. The van der Waals surface area contributed by atoms with Crippen LogP contribution in [-0.4, -0.2) is 44.3 Å². The average molecular weight is 200 g/mol. The fraction of sp³-hybridized carbons (Fsp3) is 1.00. The van der Waals surface area contributed by atoms with Gasteiger partial charge in [-0.25, -0.2) is 0 Å². The number of hydrogen-bond acceptors (Lipinski definition) is 3. The molecule has 1 fully saturated rings. The van der Waals surface area contributed by atoms with Gasteiger partial charge in [0.1, 0.15) is 0 Å². The summed E-state index contributed by atoms with van der Waals surface area (Å²) in [6, 6.07) is 0. The van der Waals surface area contributed by atoms with Crippen LogP contribution in [0.3, 0.4) is 0 Å². The van der Waals surface area contributed by atoms with Gasteiger partial charge in [-0.15, -0.1) is 0 Å². The molecule has 2 N–H and O–H groups in total. The van der Waals surface area contributed by atoms with Crippen molar-refractivity contribution in [2.75, 3.05) is 33.3 Å². The summed E-state index contributed by atoms with van der Waals surface area (Å²) >= 11 is 0. The molecule has 0 saturated heterocycles. The maximum absolute atomic E-state index is 5.63. The van der Waals surface area contributed by atoms with Gasteiger partial charge in [0.2, 0.25) is 0 Å². The zero-order chi connectivity index (χ0) is 10.6. The van der Waals surface area contributed by atoms with E-state index in [1.54, 1.807) is 0 Å². The Labute approximate surface area is 87.6 Å². The van der Waals surface area contributed by atoms with Crippen LogP contribution in [0.15, 0.2) is 0 Å². The second kappa shape index (κ2) is 5.69. The molecule has 3 unspecified atom stereocenters. The SMILES string of the molecule is CCOC(CN)CN(C)CC1CC1C. The second-order valence-electron chi connectivity index (χ2n) is 4.51. The van der Waals surface area contributed by atoms with Crippen LogP contribution in [0, 0.1) is 11.8 Å². The van der Waals surface area contributed by atoms with Crippen molar-refractivity contribution >= 4 is 0 Å². The van der Waals surface area contributed by atoms with Crippen LogP contribution < -0.4 is 5.73 Å². The minimum atomic E-state index is 0.207. The number of rotatable bonds is 7. The molecule has 3 heteroatoms. The molecule has 1 aliphatic rings. The Hall–Kier alpha value is -0.120. The van der Waals surface area contributed by atoms with Crippen LogP contribution >= 0.6 is 0 Å². The number of ether oxygens (including phenoxy) is 1. The fourth-order valence-corrected chi connectivity index (χ4v) is 1.91. The first kappa shape index (κ1) is 12.0. The molecule has 0 amide bonds. The Balaban J connectivity index is 2.13. The lowest BCUT2D eigenvalue weighted by Gasteiger charge is -2.22. The number of hydrogen-bond donors (Lipinski definition) is 1. The van der Waals surface area contributed by atoms with Crippen LogP contribution in [0.5, 0.6) is 0 Å². The van der Waals surface area contributed by atoms with Crippen LogP contribution in [0.2, 0.25) is 0 Å². The molecule has 1 rings (SSSR count). The highest BCUT2D eigenvalue weighted by molar-refractivity contribution is 4.84. The third-order valence-electron chi connectivity index (χ3n) is 3.00.